The number of rotatable bonds is 4. The van der Waals surface area contributed by atoms with Crippen LogP contribution in [-0.2, 0) is 0 Å². The average molecular weight is 233 g/mol. The molecule has 90 valence electrons. The molecule has 0 aliphatic heterocycles. The van der Waals surface area contributed by atoms with Gasteiger partial charge in [0.15, 0.2) is 0 Å². The summed E-state index contributed by atoms with van der Waals surface area (Å²) >= 11 is 0. The fourth-order valence-corrected chi connectivity index (χ4v) is 1.64. The molecule has 1 aromatic rings. The van der Waals surface area contributed by atoms with Gasteiger partial charge >= 0.3 is 0 Å². The smallest absolute Gasteiger partial charge is 0.292 e. The van der Waals surface area contributed by atoms with Crippen molar-refractivity contribution < 1.29 is 4.92 Å². The molecule has 0 radical (unpaired) electrons. The Labute approximate surface area is 100 Å². The molecular weight excluding hydrogens is 218 g/mol. The Morgan fingerprint density at radius 1 is 1.59 bits per heavy atom. The molecule has 5 nitrogen and oxygen atoms in total. The number of benzene rings is 1. The maximum absolute atomic E-state index is 10.9. The maximum Gasteiger partial charge on any atom is 0.292 e. The molecule has 1 unspecified atom stereocenters. The van der Waals surface area contributed by atoms with Crippen molar-refractivity contribution in [1.29, 1.82) is 5.26 Å². The van der Waals surface area contributed by atoms with Crippen LogP contribution in [0.25, 0.3) is 0 Å². The van der Waals surface area contributed by atoms with Crippen LogP contribution in [0.2, 0.25) is 0 Å². The molecule has 0 aliphatic rings. The third kappa shape index (κ3) is 3.18. The first-order valence-electron chi connectivity index (χ1n) is 5.31. The minimum absolute atomic E-state index is 0.0724. The van der Waals surface area contributed by atoms with E-state index in [1.165, 1.54) is 6.07 Å². The zero-order valence-electron chi connectivity index (χ0n) is 10.2. The van der Waals surface area contributed by atoms with E-state index in [1.807, 2.05) is 6.92 Å². The molecule has 0 heterocycles. The summed E-state index contributed by atoms with van der Waals surface area (Å²) in [5.74, 6) is -0.167. The molecule has 0 aromatic heterocycles. The van der Waals surface area contributed by atoms with Crippen LogP contribution in [0.5, 0.6) is 0 Å². The van der Waals surface area contributed by atoms with Gasteiger partial charge in [-0.3, -0.25) is 10.1 Å². The van der Waals surface area contributed by atoms with Gasteiger partial charge in [-0.2, -0.15) is 5.26 Å². The lowest BCUT2D eigenvalue weighted by molar-refractivity contribution is -0.384. The van der Waals surface area contributed by atoms with Crippen LogP contribution >= 0.6 is 0 Å². The molecule has 0 saturated heterocycles. The van der Waals surface area contributed by atoms with Crippen LogP contribution in [0, 0.1) is 34.3 Å². The lowest BCUT2D eigenvalue weighted by Gasteiger charge is -2.20. The normalized spacial score (nSPS) is 11.6. The summed E-state index contributed by atoms with van der Waals surface area (Å²) in [6.07, 6.45) is 0. The number of hydrogen-bond donors (Lipinski definition) is 0. The van der Waals surface area contributed by atoms with Gasteiger partial charge in [-0.25, -0.2) is 0 Å². The lowest BCUT2D eigenvalue weighted by Crippen LogP contribution is -2.24. The Hall–Kier alpha value is -2.09. The van der Waals surface area contributed by atoms with Gasteiger partial charge in [-0.15, -0.1) is 0 Å². The number of nitrogens with zero attached hydrogens (tertiary/aromatic N) is 3. The molecule has 0 amide bonds. The Morgan fingerprint density at radius 3 is 2.76 bits per heavy atom. The van der Waals surface area contributed by atoms with Crippen molar-refractivity contribution >= 4 is 11.4 Å². The maximum atomic E-state index is 10.9. The summed E-state index contributed by atoms with van der Waals surface area (Å²) in [4.78, 5) is 12.3. The van der Waals surface area contributed by atoms with Crippen molar-refractivity contribution in [1.82, 2.24) is 0 Å². The highest BCUT2D eigenvalue weighted by molar-refractivity contribution is 5.64. The quantitative estimate of drug-likeness (QED) is 0.591. The Bertz CT molecular complexity index is 465. The average Bonchev–Trinajstić information content (AvgIpc) is 2.28. The Balaban J connectivity index is 3.07. The van der Waals surface area contributed by atoms with Gasteiger partial charge in [0.1, 0.15) is 5.69 Å². The van der Waals surface area contributed by atoms with Gasteiger partial charge in [-0.05, 0) is 25.5 Å². The summed E-state index contributed by atoms with van der Waals surface area (Å²) in [6.45, 7) is 4.15. The molecule has 1 atom stereocenters. The number of nitro groups is 1. The molecule has 0 saturated carbocycles. The van der Waals surface area contributed by atoms with E-state index in [4.69, 9.17) is 5.26 Å². The Kier molecular flexibility index (Phi) is 4.05. The first-order valence-corrected chi connectivity index (χ1v) is 5.31. The summed E-state index contributed by atoms with van der Waals surface area (Å²) < 4.78 is 0. The van der Waals surface area contributed by atoms with E-state index >= 15 is 0 Å². The minimum atomic E-state index is -0.400. The SMILES string of the molecule is Cc1ccc([N+](=O)[O-])c(N(C)CC(C)C#N)c1. The lowest BCUT2D eigenvalue weighted by atomic mass is 10.1. The monoisotopic (exact) mass is 233 g/mol. The zero-order chi connectivity index (χ0) is 13.0. The van der Waals surface area contributed by atoms with E-state index in [1.54, 1.807) is 31.0 Å². The van der Waals surface area contributed by atoms with Crippen LogP contribution in [-0.4, -0.2) is 18.5 Å². The highest BCUT2D eigenvalue weighted by Crippen LogP contribution is 2.28. The molecule has 0 fully saturated rings. The first-order chi connectivity index (χ1) is 7.95. The fourth-order valence-electron chi connectivity index (χ4n) is 1.64. The standard InChI is InChI=1S/C12H15N3O2/c1-9-4-5-11(15(16)17)12(6-9)14(3)8-10(2)7-13/h4-6,10H,8H2,1-3H3. The van der Waals surface area contributed by atoms with E-state index in [0.29, 0.717) is 12.2 Å². The van der Waals surface area contributed by atoms with E-state index < -0.39 is 4.92 Å². The third-order valence-corrected chi connectivity index (χ3v) is 2.51. The second kappa shape index (κ2) is 5.30. The molecule has 5 heteroatoms. The molecule has 17 heavy (non-hydrogen) atoms. The van der Waals surface area contributed by atoms with Crippen LogP contribution in [0.3, 0.4) is 0 Å². The van der Waals surface area contributed by atoms with Crippen LogP contribution in [0.4, 0.5) is 11.4 Å². The predicted molar refractivity (Wildman–Crippen MR) is 65.9 cm³/mol. The second-order valence-electron chi connectivity index (χ2n) is 4.16. The van der Waals surface area contributed by atoms with Gasteiger partial charge in [0.25, 0.3) is 5.69 Å². The van der Waals surface area contributed by atoms with Crippen molar-refractivity contribution in [3.05, 3.63) is 33.9 Å². The molecule has 0 N–H and O–H groups in total. The van der Waals surface area contributed by atoms with E-state index in [0.717, 1.165) is 5.56 Å². The largest absolute Gasteiger partial charge is 0.368 e. The van der Waals surface area contributed by atoms with Crippen molar-refractivity contribution in [2.75, 3.05) is 18.5 Å². The fraction of sp³-hybridized carbons (Fsp3) is 0.417. The summed E-state index contributed by atoms with van der Waals surface area (Å²) in [7, 11) is 1.76. The number of nitriles is 1. The van der Waals surface area contributed by atoms with Gasteiger partial charge in [-0.1, -0.05) is 6.07 Å². The molecule has 0 aliphatic carbocycles. The summed E-state index contributed by atoms with van der Waals surface area (Å²) in [6, 6.07) is 7.09. The van der Waals surface area contributed by atoms with Gasteiger partial charge < -0.3 is 4.90 Å². The van der Waals surface area contributed by atoms with E-state index in [9.17, 15) is 10.1 Å². The summed E-state index contributed by atoms with van der Waals surface area (Å²) in [5.41, 5.74) is 1.59. The van der Waals surface area contributed by atoms with Gasteiger partial charge in [0.2, 0.25) is 0 Å². The number of aryl methyl sites for hydroxylation is 1. The van der Waals surface area contributed by atoms with Crippen molar-refractivity contribution in [3.8, 4) is 6.07 Å². The molecule has 1 rings (SSSR count). The van der Waals surface area contributed by atoms with Crippen LogP contribution in [0.15, 0.2) is 18.2 Å². The van der Waals surface area contributed by atoms with Crippen molar-refractivity contribution in [2.24, 2.45) is 5.92 Å². The second-order valence-corrected chi connectivity index (χ2v) is 4.16. The molecule has 0 spiro atoms. The van der Waals surface area contributed by atoms with E-state index in [2.05, 4.69) is 6.07 Å². The summed E-state index contributed by atoms with van der Waals surface area (Å²) in [5, 5.41) is 19.7. The molecule has 0 bridgehead atoms. The first kappa shape index (κ1) is 13.0. The number of anilines is 1. The zero-order valence-corrected chi connectivity index (χ0v) is 10.2. The van der Waals surface area contributed by atoms with E-state index in [-0.39, 0.29) is 11.6 Å². The molecular formula is C12H15N3O2. The third-order valence-electron chi connectivity index (χ3n) is 2.51. The topological polar surface area (TPSA) is 70.2 Å². The van der Waals surface area contributed by atoms with Gasteiger partial charge in [0, 0.05) is 19.7 Å². The van der Waals surface area contributed by atoms with Gasteiger partial charge in [0.05, 0.1) is 16.9 Å². The minimum Gasteiger partial charge on any atom is -0.368 e. The predicted octanol–water partition coefficient (Wildman–Crippen LogP) is 2.50. The van der Waals surface area contributed by atoms with Crippen LogP contribution < -0.4 is 4.90 Å². The van der Waals surface area contributed by atoms with Crippen molar-refractivity contribution in [3.63, 3.8) is 0 Å². The van der Waals surface area contributed by atoms with Crippen molar-refractivity contribution in [2.45, 2.75) is 13.8 Å². The Morgan fingerprint density at radius 2 is 2.24 bits per heavy atom. The highest BCUT2D eigenvalue weighted by atomic mass is 16.6. The number of nitro benzene ring substituents is 1. The molecule has 1 aromatic carbocycles. The number of hydrogen-bond acceptors (Lipinski definition) is 4. The van der Waals surface area contributed by atoms with Crippen LogP contribution in [0.1, 0.15) is 12.5 Å². The highest BCUT2D eigenvalue weighted by Gasteiger charge is 2.18.